The van der Waals surface area contributed by atoms with Gasteiger partial charge < -0.3 is 9.84 Å². The van der Waals surface area contributed by atoms with Crippen LogP contribution in [0.4, 0.5) is 0 Å². The molecule has 3 heteroatoms. The number of benzene rings is 1. The molecule has 3 nitrogen and oxygen atoms in total. The summed E-state index contributed by atoms with van der Waals surface area (Å²) >= 11 is 0. The van der Waals surface area contributed by atoms with Crippen molar-refractivity contribution >= 4 is 5.97 Å². The fourth-order valence-corrected chi connectivity index (χ4v) is 2.87. The molecule has 0 saturated carbocycles. The molecule has 0 saturated heterocycles. The Kier molecular flexibility index (Phi) is 3.09. The molecule has 0 spiro atoms. The van der Waals surface area contributed by atoms with Crippen LogP contribution in [-0.2, 0) is 16.6 Å². The standard InChI is InChI=1S/C14H18O3/c1-3-14(9-13(15)16)7-6-10-4-5-11(17-2)8-12(10)14/h4-5,8H,3,6-7,9H2,1-2H3,(H,15,16). The van der Waals surface area contributed by atoms with Crippen molar-refractivity contribution in [3.8, 4) is 5.75 Å². The second-order valence-electron chi connectivity index (χ2n) is 4.73. The minimum absolute atomic E-state index is 0.199. The molecule has 1 aliphatic rings. The van der Waals surface area contributed by atoms with Crippen molar-refractivity contribution in [2.75, 3.05) is 7.11 Å². The number of hydrogen-bond donors (Lipinski definition) is 1. The topological polar surface area (TPSA) is 46.5 Å². The average Bonchev–Trinajstić information content (AvgIpc) is 2.67. The van der Waals surface area contributed by atoms with Gasteiger partial charge in [0.15, 0.2) is 0 Å². The lowest BCUT2D eigenvalue weighted by Gasteiger charge is -2.27. The van der Waals surface area contributed by atoms with E-state index >= 15 is 0 Å². The Bertz CT molecular complexity index is 439. The number of aryl methyl sites for hydroxylation is 1. The number of carboxylic acid groups (broad SMARTS) is 1. The third-order valence-corrected chi connectivity index (χ3v) is 3.93. The summed E-state index contributed by atoms with van der Waals surface area (Å²) in [6.07, 6.45) is 2.97. The van der Waals surface area contributed by atoms with E-state index in [2.05, 4.69) is 13.0 Å². The van der Waals surface area contributed by atoms with Crippen molar-refractivity contribution < 1.29 is 14.6 Å². The molecule has 0 amide bonds. The Morgan fingerprint density at radius 3 is 2.88 bits per heavy atom. The molecule has 1 N–H and O–H groups in total. The van der Waals surface area contributed by atoms with Crippen molar-refractivity contribution in [1.82, 2.24) is 0 Å². The van der Waals surface area contributed by atoms with Gasteiger partial charge in [-0.15, -0.1) is 0 Å². The van der Waals surface area contributed by atoms with Gasteiger partial charge in [0.2, 0.25) is 0 Å². The molecule has 1 aromatic rings. The van der Waals surface area contributed by atoms with Gasteiger partial charge in [0.25, 0.3) is 0 Å². The lowest BCUT2D eigenvalue weighted by Crippen LogP contribution is -2.25. The minimum atomic E-state index is -0.720. The van der Waals surface area contributed by atoms with E-state index in [0.717, 1.165) is 25.0 Å². The summed E-state index contributed by atoms with van der Waals surface area (Å²) in [6, 6.07) is 6.02. The molecule has 0 bridgehead atoms. The molecule has 0 fully saturated rings. The number of carboxylic acids is 1. The zero-order valence-corrected chi connectivity index (χ0v) is 10.3. The lowest BCUT2D eigenvalue weighted by molar-refractivity contribution is -0.138. The van der Waals surface area contributed by atoms with Crippen molar-refractivity contribution in [3.63, 3.8) is 0 Å². The first kappa shape index (κ1) is 12.0. The molecule has 17 heavy (non-hydrogen) atoms. The number of aliphatic carboxylic acids is 1. The fraction of sp³-hybridized carbons (Fsp3) is 0.500. The van der Waals surface area contributed by atoms with Gasteiger partial charge in [-0.1, -0.05) is 13.0 Å². The van der Waals surface area contributed by atoms with Crippen LogP contribution in [0.25, 0.3) is 0 Å². The van der Waals surface area contributed by atoms with Crippen LogP contribution < -0.4 is 4.74 Å². The van der Waals surface area contributed by atoms with E-state index in [9.17, 15) is 4.79 Å². The maximum atomic E-state index is 11.1. The van der Waals surface area contributed by atoms with Gasteiger partial charge in [0.1, 0.15) is 5.75 Å². The predicted octanol–water partition coefficient (Wildman–Crippen LogP) is 2.76. The monoisotopic (exact) mass is 234 g/mol. The van der Waals surface area contributed by atoms with Crippen LogP contribution in [0.1, 0.15) is 37.3 Å². The molecule has 1 aliphatic carbocycles. The zero-order chi connectivity index (χ0) is 12.5. The third-order valence-electron chi connectivity index (χ3n) is 3.93. The second-order valence-corrected chi connectivity index (χ2v) is 4.73. The molecule has 0 heterocycles. The first-order valence-electron chi connectivity index (χ1n) is 6.00. The van der Waals surface area contributed by atoms with Crippen LogP contribution in [0.15, 0.2) is 18.2 Å². The van der Waals surface area contributed by atoms with Gasteiger partial charge in [0, 0.05) is 5.41 Å². The summed E-state index contributed by atoms with van der Waals surface area (Å²) in [6.45, 7) is 2.07. The van der Waals surface area contributed by atoms with E-state index in [1.165, 1.54) is 11.1 Å². The van der Waals surface area contributed by atoms with E-state index in [-0.39, 0.29) is 11.8 Å². The summed E-state index contributed by atoms with van der Waals surface area (Å²) in [4.78, 5) is 11.1. The van der Waals surface area contributed by atoms with Gasteiger partial charge in [0.05, 0.1) is 13.5 Å². The molecule has 1 aromatic carbocycles. The van der Waals surface area contributed by atoms with Gasteiger partial charge in [-0.3, -0.25) is 4.79 Å². The van der Waals surface area contributed by atoms with Crippen LogP contribution in [0.5, 0.6) is 5.75 Å². The van der Waals surface area contributed by atoms with E-state index in [0.29, 0.717) is 0 Å². The quantitative estimate of drug-likeness (QED) is 0.871. The van der Waals surface area contributed by atoms with E-state index < -0.39 is 5.97 Å². The maximum absolute atomic E-state index is 11.1. The van der Waals surface area contributed by atoms with E-state index in [1.807, 2.05) is 12.1 Å². The highest BCUT2D eigenvalue weighted by Crippen LogP contribution is 2.45. The predicted molar refractivity (Wildman–Crippen MR) is 65.5 cm³/mol. The number of ether oxygens (including phenoxy) is 1. The van der Waals surface area contributed by atoms with Crippen molar-refractivity contribution in [2.24, 2.45) is 0 Å². The van der Waals surface area contributed by atoms with Gasteiger partial charge in [-0.25, -0.2) is 0 Å². The SMILES string of the molecule is CCC1(CC(=O)O)CCc2ccc(OC)cc21. The van der Waals surface area contributed by atoms with Crippen molar-refractivity contribution in [1.29, 1.82) is 0 Å². The number of fused-ring (bicyclic) bond motifs is 1. The molecule has 92 valence electrons. The van der Waals surface area contributed by atoms with Crippen molar-refractivity contribution in [3.05, 3.63) is 29.3 Å². The highest BCUT2D eigenvalue weighted by molar-refractivity contribution is 5.70. The highest BCUT2D eigenvalue weighted by atomic mass is 16.5. The Balaban J connectivity index is 2.44. The van der Waals surface area contributed by atoms with Crippen LogP contribution in [0.2, 0.25) is 0 Å². The second kappa shape index (κ2) is 4.40. The molecule has 2 rings (SSSR count). The van der Waals surface area contributed by atoms with Gasteiger partial charge in [-0.2, -0.15) is 0 Å². The number of rotatable bonds is 4. The first-order chi connectivity index (χ1) is 8.11. The Morgan fingerprint density at radius 1 is 1.53 bits per heavy atom. The summed E-state index contributed by atoms with van der Waals surface area (Å²) < 4.78 is 5.23. The molecule has 0 aromatic heterocycles. The number of hydrogen-bond acceptors (Lipinski definition) is 2. The van der Waals surface area contributed by atoms with E-state index in [1.54, 1.807) is 7.11 Å². The fourth-order valence-electron chi connectivity index (χ4n) is 2.87. The van der Waals surface area contributed by atoms with Gasteiger partial charge >= 0.3 is 5.97 Å². The Labute approximate surface area is 101 Å². The van der Waals surface area contributed by atoms with Crippen molar-refractivity contribution in [2.45, 2.75) is 38.0 Å². The lowest BCUT2D eigenvalue weighted by atomic mass is 9.76. The summed E-state index contributed by atoms with van der Waals surface area (Å²) in [7, 11) is 1.64. The van der Waals surface area contributed by atoms with Crippen LogP contribution >= 0.6 is 0 Å². The Morgan fingerprint density at radius 2 is 2.29 bits per heavy atom. The van der Waals surface area contributed by atoms with E-state index in [4.69, 9.17) is 9.84 Å². The molecular formula is C14H18O3. The smallest absolute Gasteiger partial charge is 0.304 e. The van der Waals surface area contributed by atoms with Crippen LogP contribution in [0, 0.1) is 0 Å². The minimum Gasteiger partial charge on any atom is -0.497 e. The summed E-state index contributed by atoms with van der Waals surface area (Å²) in [5, 5.41) is 9.09. The van der Waals surface area contributed by atoms with Gasteiger partial charge in [-0.05, 0) is 42.5 Å². The first-order valence-corrected chi connectivity index (χ1v) is 6.00. The largest absolute Gasteiger partial charge is 0.497 e. The zero-order valence-electron chi connectivity index (χ0n) is 10.3. The molecular weight excluding hydrogens is 216 g/mol. The summed E-state index contributed by atoms with van der Waals surface area (Å²) in [5.41, 5.74) is 2.24. The molecule has 0 aliphatic heterocycles. The Hall–Kier alpha value is -1.51. The molecule has 1 unspecified atom stereocenters. The number of methoxy groups -OCH3 is 1. The molecule has 1 atom stereocenters. The van der Waals surface area contributed by atoms with Crippen LogP contribution in [0.3, 0.4) is 0 Å². The van der Waals surface area contributed by atoms with Crippen LogP contribution in [-0.4, -0.2) is 18.2 Å². The maximum Gasteiger partial charge on any atom is 0.304 e. The highest BCUT2D eigenvalue weighted by Gasteiger charge is 2.39. The molecule has 0 radical (unpaired) electrons. The summed E-state index contributed by atoms with van der Waals surface area (Å²) in [5.74, 6) is 0.0939. The number of carbonyl (C=O) groups is 1. The average molecular weight is 234 g/mol. The normalized spacial score (nSPS) is 22.2. The third kappa shape index (κ3) is 2.02.